The summed E-state index contributed by atoms with van der Waals surface area (Å²) >= 11 is 0. The Bertz CT molecular complexity index is 709. The fraction of sp³-hybridized carbons (Fsp3) is 0.562. The van der Waals surface area contributed by atoms with E-state index in [0.29, 0.717) is 12.5 Å². The van der Waals surface area contributed by atoms with Crippen LogP contribution < -0.4 is 16.2 Å². The van der Waals surface area contributed by atoms with Crippen molar-refractivity contribution in [3.05, 3.63) is 40.8 Å². The van der Waals surface area contributed by atoms with Crippen molar-refractivity contribution in [1.29, 1.82) is 0 Å². The van der Waals surface area contributed by atoms with E-state index in [0.717, 1.165) is 50.4 Å². The molecular weight excluding hydrogens is 363 g/mol. The van der Waals surface area contributed by atoms with Gasteiger partial charge in [0.2, 0.25) is 0 Å². The maximum Gasteiger partial charge on any atom is 0.269 e. The van der Waals surface area contributed by atoms with E-state index in [4.69, 9.17) is 5.73 Å². The zero-order valence-corrected chi connectivity index (χ0v) is 16.0. The minimum Gasteiger partial charge on any atom is -0.370 e. The van der Waals surface area contributed by atoms with Crippen molar-refractivity contribution >= 4 is 30.5 Å². The van der Waals surface area contributed by atoms with E-state index in [1.807, 2.05) is 4.57 Å². The molecule has 140 valence electrons. The van der Waals surface area contributed by atoms with Gasteiger partial charge in [0.05, 0.1) is 36.6 Å². The lowest BCUT2D eigenvalue weighted by Gasteiger charge is -2.32. The van der Waals surface area contributed by atoms with E-state index >= 15 is 0 Å². The predicted octanol–water partition coefficient (Wildman–Crippen LogP) is 1.53. The topological polar surface area (TPSA) is 82.0 Å². The zero-order valence-electron chi connectivity index (χ0n) is 14.4. The molecule has 1 fully saturated rings. The first-order chi connectivity index (χ1) is 11.2. The number of nitrogens with zero attached hydrogens (tertiary/aromatic N) is 5. The van der Waals surface area contributed by atoms with Crippen LogP contribution in [0.25, 0.3) is 0 Å². The lowest BCUT2D eigenvalue weighted by molar-refractivity contribution is 0.414. The standard InChI is InChI=1S/C16H24N6O.2ClH/c1-2-20-12-18-9-15(20)11-22-16(23)7-14(10-19-22)21-5-3-13(8-17)4-6-21;;/h7,9-10,12-13H,2-6,8,11,17H2,1H3;2*1H. The number of hydrogen-bond acceptors (Lipinski definition) is 5. The second-order valence-electron chi connectivity index (χ2n) is 6.05. The van der Waals surface area contributed by atoms with Gasteiger partial charge in [-0.3, -0.25) is 4.79 Å². The third kappa shape index (κ3) is 4.96. The average Bonchev–Trinajstić information content (AvgIpc) is 3.04. The molecule has 0 amide bonds. The van der Waals surface area contributed by atoms with E-state index in [1.165, 1.54) is 4.68 Å². The molecule has 0 atom stereocenters. The molecule has 0 radical (unpaired) electrons. The molecule has 3 heterocycles. The molecule has 3 rings (SSSR count). The van der Waals surface area contributed by atoms with Gasteiger partial charge in [-0.05, 0) is 32.2 Å². The first-order valence-corrected chi connectivity index (χ1v) is 8.22. The molecule has 25 heavy (non-hydrogen) atoms. The van der Waals surface area contributed by atoms with Crippen molar-refractivity contribution in [3.63, 3.8) is 0 Å². The van der Waals surface area contributed by atoms with Gasteiger partial charge in [0.25, 0.3) is 5.56 Å². The molecule has 0 unspecified atom stereocenters. The van der Waals surface area contributed by atoms with Crippen LogP contribution in [-0.2, 0) is 13.1 Å². The highest BCUT2D eigenvalue weighted by Gasteiger charge is 2.19. The second-order valence-corrected chi connectivity index (χ2v) is 6.05. The minimum absolute atomic E-state index is 0. The van der Waals surface area contributed by atoms with Crippen LogP contribution in [-0.4, -0.2) is 39.0 Å². The third-order valence-electron chi connectivity index (χ3n) is 4.62. The Morgan fingerprint density at radius 2 is 1.96 bits per heavy atom. The molecule has 0 aliphatic carbocycles. The molecule has 1 aliphatic heterocycles. The van der Waals surface area contributed by atoms with Crippen molar-refractivity contribution in [2.75, 3.05) is 24.5 Å². The van der Waals surface area contributed by atoms with Crippen LogP contribution in [0.2, 0.25) is 0 Å². The summed E-state index contributed by atoms with van der Waals surface area (Å²) in [6.45, 7) is 5.96. The number of halogens is 2. The molecule has 2 N–H and O–H groups in total. The van der Waals surface area contributed by atoms with E-state index in [2.05, 4.69) is 21.9 Å². The number of nitrogens with two attached hydrogens (primary N) is 1. The second kappa shape index (κ2) is 9.79. The van der Waals surface area contributed by atoms with Gasteiger partial charge in [0.1, 0.15) is 0 Å². The van der Waals surface area contributed by atoms with Crippen LogP contribution in [0.15, 0.2) is 29.6 Å². The van der Waals surface area contributed by atoms with Crippen LogP contribution in [0.4, 0.5) is 5.69 Å². The lowest BCUT2D eigenvalue weighted by Crippen LogP contribution is -2.37. The Kier molecular flexibility index (Phi) is 8.41. The fourth-order valence-electron chi connectivity index (χ4n) is 3.06. The summed E-state index contributed by atoms with van der Waals surface area (Å²) < 4.78 is 3.50. The Hall–Kier alpha value is -1.57. The highest BCUT2D eigenvalue weighted by atomic mass is 35.5. The van der Waals surface area contributed by atoms with Gasteiger partial charge in [0, 0.05) is 25.7 Å². The fourth-order valence-corrected chi connectivity index (χ4v) is 3.06. The van der Waals surface area contributed by atoms with Crippen molar-refractivity contribution in [2.24, 2.45) is 11.7 Å². The van der Waals surface area contributed by atoms with Gasteiger partial charge >= 0.3 is 0 Å². The summed E-state index contributed by atoms with van der Waals surface area (Å²) in [6.07, 6.45) is 7.50. The number of anilines is 1. The van der Waals surface area contributed by atoms with Crippen molar-refractivity contribution in [3.8, 4) is 0 Å². The quantitative estimate of drug-likeness (QED) is 0.839. The maximum atomic E-state index is 12.4. The van der Waals surface area contributed by atoms with Gasteiger partial charge in [-0.1, -0.05) is 0 Å². The van der Waals surface area contributed by atoms with E-state index in [9.17, 15) is 4.79 Å². The number of aromatic nitrogens is 4. The lowest BCUT2D eigenvalue weighted by atomic mass is 9.97. The van der Waals surface area contributed by atoms with Crippen molar-refractivity contribution in [1.82, 2.24) is 19.3 Å². The third-order valence-corrected chi connectivity index (χ3v) is 4.62. The monoisotopic (exact) mass is 388 g/mol. The highest BCUT2D eigenvalue weighted by Crippen LogP contribution is 2.20. The van der Waals surface area contributed by atoms with Gasteiger partial charge < -0.3 is 15.2 Å². The van der Waals surface area contributed by atoms with Crippen molar-refractivity contribution in [2.45, 2.75) is 32.9 Å². The summed E-state index contributed by atoms with van der Waals surface area (Å²) in [5.74, 6) is 0.605. The Balaban J connectivity index is 0.00000156. The summed E-state index contributed by atoms with van der Waals surface area (Å²) in [6, 6.07) is 1.68. The number of piperidine rings is 1. The largest absolute Gasteiger partial charge is 0.370 e. The normalized spacial score (nSPS) is 14.7. The molecule has 2 aromatic rings. The number of imidazole rings is 1. The number of aryl methyl sites for hydroxylation is 1. The first-order valence-electron chi connectivity index (χ1n) is 8.22. The molecule has 0 bridgehead atoms. The maximum absolute atomic E-state index is 12.4. The SMILES string of the molecule is CCn1cncc1Cn1ncc(N2CCC(CN)CC2)cc1=O.Cl.Cl. The molecule has 0 spiro atoms. The van der Waals surface area contributed by atoms with E-state index in [-0.39, 0.29) is 30.4 Å². The molecule has 0 saturated carbocycles. The van der Waals surface area contributed by atoms with Crippen LogP contribution in [0.5, 0.6) is 0 Å². The van der Waals surface area contributed by atoms with Crippen LogP contribution in [0.3, 0.4) is 0 Å². The molecule has 7 nitrogen and oxygen atoms in total. The minimum atomic E-state index is -0.0766. The molecule has 9 heteroatoms. The van der Waals surface area contributed by atoms with E-state index < -0.39 is 0 Å². The number of hydrogen-bond donors (Lipinski definition) is 1. The summed E-state index contributed by atoms with van der Waals surface area (Å²) in [4.78, 5) is 18.7. The van der Waals surface area contributed by atoms with Gasteiger partial charge in [0.15, 0.2) is 0 Å². The van der Waals surface area contributed by atoms with E-state index in [1.54, 1.807) is 24.8 Å². The number of rotatable bonds is 5. The van der Waals surface area contributed by atoms with Crippen LogP contribution in [0.1, 0.15) is 25.5 Å². The first kappa shape index (κ1) is 21.5. The van der Waals surface area contributed by atoms with Crippen molar-refractivity contribution < 1.29 is 0 Å². The highest BCUT2D eigenvalue weighted by molar-refractivity contribution is 5.85. The molecule has 2 aromatic heterocycles. The van der Waals surface area contributed by atoms with Crippen LogP contribution >= 0.6 is 24.8 Å². The van der Waals surface area contributed by atoms with Gasteiger partial charge in [-0.15, -0.1) is 24.8 Å². The summed E-state index contributed by atoms with van der Waals surface area (Å²) in [5, 5.41) is 4.34. The summed E-state index contributed by atoms with van der Waals surface area (Å²) in [5.41, 5.74) is 7.54. The Morgan fingerprint density at radius 1 is 1.24 bits per heavy atom. The molecule has 1 saturated heterocycles. The smallest absolute Gasteiger partial charge is 0.269 e. The van der Waals surface area contributed by atoms with Gasteiger partial charge in [-0.2, -0.15) is 5.10 Å². The predicted molar refractivity (Wildman–Crippen MR) is 104 cm³/mol. The molecule has 0 aromatic carbocycles. The summed E-state index contributed by atoms with van der Waals surface area (Å²) in [7, 11) is 0. The molecular formula is C16H26Cl2N6O. The Labute approximate surface area is 160 Å². The van der Waals surface area contributed by atoms with Crippen LogP contribution in [0, 0.1) is 5.92 Å². The molecule has 1 aliphatic rings. The van der Waals surface area contributed by atoms with Gasteiger partial charge in [-0.25, -0.2) is 9.67 Å². The Morgan fingerprint density at radius 3 is 2.56 bits per heavy atom. The zero-order chi connectivity index (χ0) is 16.2. The average molecular weight is 389 g/mol.